The fourth-order valence-electron chi connectivity index (χ4n) is 3.12. The summed E-state index contributed by atoms with van der Waals surface area (Å²) in [6.07, 6.45) is 14.6. The molecule has 0 fully saturated rings. The van der Waals surface area contributed by atoms with Crippen LogP contribution in [0.2, 0.25) is 0 Å². The lowest BCUT2D eigenvalue weighted by Gasteiger charge is -2.41. The summed E-state index contributed by atoms with van der Waals surface area (Å²) in [5.74, 6) is 0. The predicted octanol–water partition coefficient (Wildman–Crippen LogP) is 7.37. The van der Waals surface area contributed by atoms with E-state index in [4.69, 9.17) is 0 Å². The van der Waals surface area contributed by atoms with E-state index in [-0.39, 0.29) is 7.92 Å². The van der Waals surface area contributed by atoms with Crippen LogP contribution in [0, 0.1) is 0 Å². The number of unbranched alkanes of at least 4 members (excludes halogenated alkanes) is 7. The van der Waals surface area contributed by atoms with Crippen LogP contribution in [0.4, 0.5) is 0 Å². The van der Waals surface area contributed by atoms with Gasteiger partial charge in [-0.25, -0.2) is 0 Å². The highest BCUT2D eigenvalue weighted by Gasteiger charge is 2.33. The highest BCUT2D eigenvalue weighted by atomic mass is 31.1. The summed E-state index contributed by atoms with van der Waals surface area (Å²) in [5, 5.41) is 0.997. The third-order valence-electron chi connectivity index (χ3n) is 3.91. The molecular weight excluding hydrogens is 259 g/mol. The third-order valence-corrected chi connectivity index (χ3v) is 7.91. The van der Waals surface area contributed by atoms with Crippen molar-refractivity contribution in [2.24, 2.45) is 0 Å². The van der Waals surface area contributed by atoms with Gasteiger partial charge in [0.2, 0.25) is 0 Å². The zero-order chi connectivity index (χ0) is 15.6. The summed E-state index contributed by atoms with van der Waals surface area (Å²) in [5.41, 5.74) is 0. The first-order valence-electron chi connectivity index (χ1n) is 8.58. The lowest BCUT2D eigenvalue weighted by molar-refractivity contribution is 0.590. The van der Waals surface area contributed by atoms with E-state index in [0.29, 0.717) is 10.3 Å². The fraction of sp³-hybridized carbons (Fsp3) is 0.895. The molecule has 120 valence electrons. The van der Waals surface area contributed by atoms with Crippen LogP contribution < -0.4 is 0 Å². The van der Waals surface area contributed by atoms with Gasteiger partial charge in [0.15, 0.2) is 0 Å². The quantitative estimate of drug-likeness (QED) is 0.224. The van der Waals surface area contributed by atoms with Crippen molar-refractivity contribution in [3.8, 4) is 0 Å². The molecule has 0 atom stereocenters. The molecule has 0 aromatic carbocycles. The van der Waals surface area contributed by atoms with Crippen molar-refractivity contribution in [2.45, 2.75) is 103 Å². The second-order valence-corrected chi connectivity index (χ2v) is 12.0. The van der Waals surface area contributed by atoms with Gasteiger partial charge in [0, 0.05) is 0 Å². The normalized spacial score (nSPS) is 12.9. The molecule has 0 saturated heterocycles. The van der Waals surface area contributed by atoms with Gasteiger partial charge in [0.1, 0.15) is 0 Å². The molecular formula is C19H39P. The molecule has 0 heterocycles. The van der Waals surface area contributed by atoms with E-state index in [1.54, 1.807) is 0 Å². The maximum absolute atomic E-state index is 3.78. The van der Waals surface area contributed by atoms with Crippen molar-refractivity contribution in [1.29, 1.82) is 0 Å². The molecule has 0 spiro atoms. The summed E-state index contributed by atoms with van der Waals surface area (Å²) < 4.78 is 0. The number of hydrogen-bond acceptors (Lipinski definition) is 0. The molecule has 0 radical (unpaired) electrons. The van der Waals surface area contributed by atoms with Crippen molar-refractivity contribution >= 4 is 7.92 Å². The van der Waals surface area contributed by atoms with Gasteiger partial charge in [-0.2, -0.15) is 0 Å². The largest absolute Gasteiger partial charge is 0.103 e. The average Bonchev–Trinajstić information content (AvgIpc) is 2.28. The second kappa shape index (κ2) is 9.99. The summed E-state index contributed by atoms with van der Waals surface area (Å²) in [7, 11) is 0.114. The molecule has 0 aliphatic heterocycles. The van der Waals surface area contributed by atoms with Crippen LogP contribution in [-0.4, -0.2) is 16.5 Å². The van der Waals surface area contributed by atoms with Gasteiger partial charge in [0.25, 0.3) is 0 Å². The molecule has 0 aliphatic carbocycles. The molecule has 1 heteroatoms. The van der Waals surface area contributed by atoms with Crippen LogP contribution in [-0.2, 0) is 0 Å². The minimum Gasteiger partial charge on any atom is -0.103 e. The van der Waals surface area contributed by atoms with Gasteiger partial charge in [0.05, 0.1) is 0 Å². The summed E-state index contributed by atoms with van der Waals surface area (Å²) in [6, 6.07) is 0. The molecule has 0 unspecified atom stereocenters. The SMILES string of the molecule is C=CCCCCCCCCCP(C(C)(C)C)C(C)(C)C. The lowest BCUT2D eigenvalue weighted by Crippen LogP contribution is -2.26. The molecule has 0 rings (SSSR count). The van der Waals surface area contributed by atoms with Crippen LogP contribution in [0.5, 0.6) is 0 Å². The van der Waals surface area contributed by atoms with Gasteiger partial charge in [-0.05, 0) is 35.7 Å². The summed E-state index contributed by atoms with van der Waals surface area (Å²) in [6.45, 7) is 18.4. The Kier molecular flexibility index (Phi) is 10.1. The summed E-state index contributed by atoms with van der Waals surface area (Å²) >= 11 is 0. The van der Waals surface area contributed by atoms with Crippen LogP contribution in [0.25, 0.3) is 0 Å². The van der Waals surface area contributed by atoms with E-state index in [1.807, 2.05) is 6.08 Å². The second-order valence-electron chi connectivity index (χ2n) is 8.05. The smallest absolute Gasteiger partial charge is 0.0175 e. The van der Waals surface area contributed by atoms with Gasteiger partial charge in [-0.15, -0.1) is 6.58 Å². The Hall–Kier alpha value is 0.170. The lowest BCUT2D eigenvalue weighted by atomic mass is 10.1. The highest BCUT2D eigenvalue weighted by molar-refractivity contribution is 7.60. The van der Waals surface area contributed by atoms with Crippen molar-refractivity contribution in [3.63, 3.8) is 0 Å². The van der Waals surface area contributed by atoms with E-state index in [0.717, 1.165) is 0 Å². The van der Waals surface area contributed by atoms with E-state index in [9.17, 15) is 0 Å². The molecule has 0 N–H and O–H groups in total. The Balaban J connectivity index is 3.73. The first-order valence-corrected chi connectivity index (χ1v) is 10.1. The highest BCUT2D eigenvalue weighted by Crippen LogP contribution is 2.59. The Morgan fingerprint density at radius 1 is 0.700 bits per heavy atom. The van der Waals surface area contributed by atoms with E-state index < -0.39 is 0 Å². The summed E-state index contributed by atoms with van der Waals surface area (Å²) in [4.78, 5) is 0. The maximum Gasteiger partial charge on any atom is -0.0175 e. The average molecular weight is 298 g/mol. The minimum atomic E-state index is 0.114. The van der Waals surface area contributed by atoms with Gasteiger partial charge in [-0.1, -0.05) is 87.6 Å². The zero-order valence-electron chi connectivity index (χ0n) is 15.1. The standard InChI is InChI=1S/C19H39P/c1-8-9-10-11-12-13-14-15-16-17-20(18(2,3)4)19(5,6)7/h8H,1,9-17H2,2-7H3. The van der Waals surface area contributed by atoms with Gasteiger partial charge in [-0.3, -0.25) is 0 Å². The molecule has 0 amide bonds. The first-order chi connectivity index (χ1) is 9.19. The minimum absolute atomic E-state index is 0.114. The van der Waals surface area contributed by atoms with Crippen LogP contribution >= 0.6 is 7.92 Å². The van der Waals surface area contributed by atoms with E-state index >= 15 is 0 Å². The van der Waals surface area contributed by atoms with Crippen molar-refractivity contribution in [1.82, 2.24) is 0 Å². The molecule has 0 nitrogen and oxygen atoms in total. The molecule has 0 aromatic rings. The predicted molar refractivity (Wildman–Crippen MR) is 98.4 cm³/mol. The van der Waals surface area contributed by atoms with Crippen molar-refractivity contribution in [2.75, 3.05) is 6.16 Å². The third kappa shape index (κ3) is 9.98. The molecule has 20 heavy (non-hydrogen) atoms. The van der Waals surface area contributed by atoms with Crippen molar-refractivity contribution in [3.05, 3.63) is 12.7 Å². The first kappa shape index (κ1) is 20.2. The molecule has 0 aromatic heterocycles. The number of hydrogen-bond donors (Lipinski definition) is 0. The van der Waals surface area contributed by atoms with E-state index in [2.05, 4.69) is 48.1 Å². The van der Waals surface area contributed by atoms with Crippen molar-refractivity contribution < 1.29 is 0 Å². The van der Waals surface area contributed by atoms with Gasteiger partial charge < -0.3 is 0 Å². The molecule has 0 bridgehead atoms. The zero-order valence-corrected chi connectivity index (χ0v) is 16.0. The number of allylic oxidation sites excluding steroid dienone is 1. The monoisotopic (exact) mass is 298 g/mol. The number of rotatable bonds is 10. The Bertz CT molecular complexity index is 227. The topological polar surface area (TPSA) is 0 Å². The van der Waals surface area contributed by atoms with Crippen LogP contribution in [0.1, 0.15) is 92.9 Å². The van der Waals surface area contributed by atoms with Gasteiger partial charge >= 0.3 is 0 Å². The Morgan fingerprint density at radius 3 is 1.50 bits per heavy atom. The van der Waals surface area contributed by atoms with Crippen LogP contribution in [0.3, 0.4) is 0 Å². The Labute approximate surface area is 130 Å². The molecule has 0 saturated carbocycles. The molecule has 0 aliphatic rings. The maximum atomic E-state index is 3.78. The fourth-order valence-corrected chi connectivity index (χ4v) is 7.01. The van der Waals surface area contributed by atoms with Crippen LogP contribution in [0.15, 0.2) is 12.7 Å². The van der Waals surface area contributed by atoms with E-state index in [1.165, 1.54) is 57.5 Å². The Morgan fingerprint density at radius 2 is 1.10 bits per heavy atom.